The van der Waals surface area contributed by atoms with Gasteiger partial charge in [-0.25, -0.2) is 0 Å². The lowest BCUT2D eigenvalue weighted by molar-refractivity contribution is -0.129. The zero-order valence-electron chi connectivity index (χ0n) is 15.4. The van der Waals surface area contributed by atoms with Crippen LogP contribution in [0.25, 0.3) is 23.1 Å². The van der Waals surface area contributed by atoms with Gasteiger partial charge in [0.25, 0.3) is 0 Å². The summed E-state index contributed by atoms with van der Waals surface area (Å²) in [4.78, 5) is 15.6. The minimum atomic E-state index is 0.133. The maximum absolute atomic E-state index is 11.5. The van der Waals surface area contributed by atoms with Crippen molar-refractivity contribution >= 4 is 40.3 Å². The van der Waals surface area contributed by atoms with Gasteiger partial charge in [0.2, 0.25) is 5.91 Å². The third-order valence-corrected chi connectivity index (χ3v) is 5.05. The molecule has 6 heteroatoms. The highest BCUT2D eigenvalue weighted by atomic mass is 16.2. The second-order valence-electron chi connectivity index (χ2n) is 6.80. The molecule has 0 radical (unpaired) electrons. The molecule has 1 fully saturated rings. The number of benzene rings is 2. The molecular formula is C21H23N5O. The predicted octanol–water partition coefficient (Wildman–Crippen LogP) is 2.98. The Morgan fingerprint density at radius 2 is 1.89 bits per heavy atom. The first-order valence-corrected chi connectivity index (χ1v) is 9.13. The predicted molar refractivity (Wildman–Crippen MR) is 110 cm³/mol. The van der Waals surface area contributed by atoms with Gasteiger partial charge >= 0.3 is 0 Å². The van der Waals surface area contributed by atoms with E-state index in [0.29, 0.717) is 0 Å². The lowest BCUT2D eigenvalue weighted by Crippen LogP contribution is -2.48. The van der Waals surface area contributed by atoms with Gasteiger partial charge < -0.3 is 15.5 Å². The number of piperazine rings is 1. The van der Waals surface area contributed by atoms with Gasteiger partial charge in [-0.15, -0.1) is 0 Å². The molecular weight excluding hydrogens is 338 g/mol. The molecule has 0 spiro atoms. The molecule has 3 N–H and O–H groups in total. The van der Waals surface area contributed by atoms with Crippen LogP contribution >= 0.6 is 0 Å². The topological polar surface area (TPSA) is 78.2 Å². The molecule has 0 aliphatic carbocycles. The largest absolute Gasteiger partial charge is 0.397 e. The summed E-state index contributed by atoms with van der Waals surface area (Å²) in [6, 6.07) is 14.2. The van der Waals surface area contributed by atoms with Gasteiger partial charge in [0.15, 0.2) is 0 Å². The number of aromatic amines is 1. The number of nitrogen functional groups attached to an aromatic ring is 1. The quantitative estimate of drug-likeness (QED) is 0.703. The fourth-order valence-electron chi connectivity index (χ4n) is 3.51. The second kappa shape index (κ2) is 7.15. The average Bonchev–Trinajstić information content (AvgIpc) is 3.10. The highest BCUT2D eigenvalue weighted by Crippen LogP contribution is 2.26. The number of hydrogen-bond acceptors (Lipinski definition) is 4. The molecule has 0 bridgehead atoms. The van der Waals surface area contributed by atoms with Gasteiger partial charge in [-0.3, -0.25) is 9.89 Å². The molecule has 2 aromatic carbocycles. The van der Waals surface area contributed by atoms with Crippen molar-refractivity contribution in [1.82, 2.24) is 15.1 Å². The molecule has 2 heterocycles. The van der Waals surface area contributed by atoms with Gasteiger partial charge in [0.05, 0.1) is 22.6 Å². The Kier molecular flexibility index (Phi) is 4.54. The molecule has 4 rings (SSSR count). The van der Waals surface area contributed by atoms with Crippen LogP contribution in [0.15, 0.2) is 42.5 Å². The van der Waals surface area contributed by atoms with Crippen molar-refractivity contribution in [2.75, 3.05) is 36.8 Å². The van der Waals surface area contributed by atoms with Gasteiger partial charge in [-0.05, 0) is 29.8 Å². The number of H-pyrrole nitrogens is 1. The fraction of sp³-hybridized carbons (Fsp3) is 0.238. The maximum Gasteiger partial charge on any atom is 0.219 e. The molecule has 1 saturated heterocycles. The number of nitrogens with one attached hydrogen (secondary N) is 1. The van der Waals surface area contributed by atoms with Crippen LogP contribution in [0.4, 0.5) is 11.4 Å². The van der Waals surface area contributed by atoms with E-state index in [1.54, 1.807) is 6.92 Å². The van der Waals surface area contributed by atoms with Crippen molar-refractivity contribution in [3.8, 4) is 0 Å². The van der Waals surface area contributed by atoms with Crippen molar-refractivity contribution in [3.05, 3.63) is 53.7 Å². The van der Waals surface area contributed by atoms with Crippen LogP contribution in [0.5, 0.6) is 0 Å². The number of nitrogens with zero attached hydrogens (tertiary/aromatic N) is 3. The first kappa shape index (κ1) is 17.1. The van der Waals surface area contributed by atoms with Crippen molar-refractivity contribution in [2.24, 2.45) is 0 Å². The number of anilines is 2. The third kappa shape index (κ3) is 3.51. The molecule has 1 aliphatic heterocycles. The minimum absolute atomic E-state index is 0.133. The Balaban J connectivity index is 1.50. The summed E-state index contributed by atoms with van der Waals surface area (Å²) >= 11 is 0. The number of para-hydroxylation sites is 1. The highest BCUT2D eigenvalue weighted by Gasteiger charge is 2.20. The molecule has 27 heavy (non-hydrogen) atoms. The van der Waals surface area contributed by atoms with E-state index in [2.05, 4.69) is 33.3 Å². The van der Waals surface area contributed by atoms with Gasteiger partial charge in [-0.2, -0.15) is 5.10 Å². The van der Waals surface area contributed by atoms with Gasteiger partial charge in [-0.1, -0.05) is 30.3 Å². The molecule has 138 valence electrons. The summed E-state index contributed by atoms with van der Waals surface area (Å²) in [6.45, 7) is 4.70. The zero-order chi connectivity index (χ0) is 18.8. The minimum Gasteiger partial charge on any atom is -0.397 e. The van der Waals surface area contributed by atoms with E-state index in [-0.39, 0.29) is 5.91 Å². The molecule has 3 aromatic rings. The summed E-state index contributed by atoms with van der Waals surface area (Å²) in [7, 11) is 0. The van der Waals surface area contributed by atoms with E-state index >= 15 is 0 Å². The van der Waals surface area contributed by atoms with Crippen LogP contribution in [-0.4, -0.2) is 47.2 Å². The van der Waals surface area contributed by atoms with Gasteiger partial charge in [0.1, 0.15) is 0 Å². The second-order valence-corrected chi connectivity index (χ2v) is 6.80. The van der Waals surface area contributed by atoms with E-state index in [4.69, 9.17) is 5.73 Å². The maximum atomic E-state index is 11.5. The van der Waals surface area contributed by atoms with Crippen molar-refractivity contribution < 1.29 is 4.79 Å². The van der Waals surface area contributed by atoms with E-state index in [1.165, 1.54) is 0 Å². The Hall–Kier alpha value is -3.28. The standard InChI is InChI=1S/C21H23N5O/c1-15(27)25-10-12-26(13-11-25)21-9-7-16(14-18(21)22)6-8-20-17-4-2-3-5-19(17)23-24-20/h2-9,14H,10-13,22H2,1H3,(H,23,24). The normalized spacial score (nSPS) is 15.0. The number of aromatic nitrogens is 2. The van der Waals surface area contributed by atoms with Crippen LogP contribution in [0.1, 0.15) is 18.2 Å². The molecule has 6 nitrogen and oxygen atoms in total. The smallest absolute Gasteiger partial charge is 0.219 e. The van der Waals surface area contributed by atoms with Crippen LogP contribution in [0, 0.1) is 0 Å². The van der Waals surface area contributed by atoms with Crippen molar-refractivity contribution in [3.63, 3.8) is 0 Å². The van der Waals surface area contributed by atoms with Crippen LogP contribution < -0.4 is 10.6 Å². The monoisotopic (exact) mass is 361 g/mol. The Bertz CT molecular complexity index is 999. The van der Waals surface area contributed by atoms with E-state index in [9.17, 15) is 4.79 Å². The Morgan fingerprint density at radius 1 is 1.11 bits per heavy atom. The Labute approximate surface area is 158 Å². The number of nitrogens with two attached hydrogens (primary N) is 1. The molecule has 1 aromatic heterocycles. The molecule has 0 saturated carbocycles. The summed E-state index contributed by atoms with van der Waals surface area (Å²) in [5.74, 6) is 0.133. The molecule has 0 atom stereocenters. The zero-order valence-corrected chi connectivity index (χ0v) is 15.4. The van der Waals surface area contributed by atoms with Crippen LogP contribution in [0.2, 0.25) is 0 Å². The molecule has 0 unspecified atom stereocenters. The number of carbonyl (C=O) groups excluding carboxylic acids is 1. The fourth-order valence-corrected chi connectivity index (χ4v) is 3.51. The first-order valence-electron chi connectivity index (χ1n) is 9.13. The number of fused-ring (bicyclic) bond motifs is 1. The SMILES string of the molecule is CC(=O)N1CCN(c2ccc(C=Cc3n[nH]c4ccccc34)cc2N)CC1. The number of amides is 1. The Morgan fingerprint density at radius 3 is 2.63 bits per heavy atom. The summed E-state index contributed by atoms with van der Waals surface area (Å²) in [5.41, 5.74) is 11.1. The van der Waals surface area contributed by atoms with E-state index < -0.39 is 0 Å². The first-order chi connectivity index (χ1) is 13.1. The van der Waals surface area contributed by atoms with E-state index in [0.717, 1.165) is 59.7 Å². The number of rotatable bonds is 3. The number of hydrogen-bond donors (Lipinski definition) is 2. The molecule has 1 aliphatic rings. The molecule has 1 amide bonds. The van der Waals surface area contributed by atoms with E-state index in [1.807, 2.05) is 41.3 Å². The average molecular weight is 361 g/mol. The van der Waals surface area contributed by atoms with Crippen LogP contribution in [0.3, 0.4) is 0 Å². The number of carbonyl (C=O) groups is 1. The summed E-state index contributed by atoms with van der Waals surface area (Å²) < 4.78 is 0. The van der Waals surface area contributed by atoms with Crippen molar-refractivity contribution in [2.45, 2.75) is 6.92 Å². The summed E-state index contributed by atoms with van der Waals surface area (Å²) in [5, 5.41) is 8.50. The highest BCUT2D eigenvalue weighted by molar-refractivity contribution is 5.89. The van der Waals surface area contributed by atoms with Gasteiger partial charge in [0, 0.05) is 38.5 Å². The lowest BCUT2D eigenvalue weighted by atomic mass is 10.1. The third-order valence-electron chi connectivity index (χ3n) is 5.05. The van der Waals surface area contributed by atoms with Crippen LogP contribution in [-0.2, 0) is 4.79 Å². The van der Waals surface area contributed by atoms with Crippen molar-refractivity contribution in [1.29, 1.82) is 0 Å². The summed E-state index contributed by atoms with van der Waals surface area (Å²) in [6.07, 6.45) is 4.02. The lowest BCUT2D eigenvalue weighted by Gasteiger charge is -2.36.